The summed E-state index contributed by atoms with van der Waals surface area (Å²) in [6.07, 6.45) is 0.698. The minimum atomic E-state index is -0.430. The van der Waals surface area contributed by atoms with Crippen molar-refractivity contribution in [1.82, 2.24) is 24.5 Å². The van der Waals surface area contributed by atoms with Crippen LogP contribution in [0.4, 0.5) is 17.6 Å². The van der Waals surface area contributed by atoms with Gasteiger partial charge in [0.25, 0.3) is 0 Å². The Kier molecular flexibility index (Phi) is 6.11. The van der Waals surface area contributed by atoms with E-state index >= 15 is 0 Å². The number of imidazole rings is 1. The third kappa shape index (κ3) is 4.59. The molecule has 0 radical (unpaired) electrons. The number of hydrogen-bond donors (Lipinski definition) is 2. The molecule has 10 nitrogen and oxygen atoms in total. The van der Waals surface area contributed by atoms with E-state index in [0.717, 1.165) is 16.9 Å². The van der Waals surface area contributed by atoms with Crippen LogP contribution in [-0.2, 0) is 29.1 Å². The maximum Gasteiger partial charge on any atom is 0.326 e. The molecule has 0 aliphatic carbocycles. The van der Waals surface area contributed by atoms with Gasteiger partial charge in [0.05, 0.1) is 23.8 Å². The molecule has 32 heavy (non-hydrogen) atoms. The first-order valence-corrected chi connectivity index (χ1v) is 10.1. The van der Waals surface area contributed by atoms with E-state index in [1.807, 2.05) is 54.0 Å². The van der Waals surface area contributed by atoms with Crippen LogP contribution in [0.15, 0.2) is 48.5 Å². The molecule has 0 unspecified atom stereocenters. The van der Waals surface area contributed by atoms with Crippen molar-refractivity contribution >= 4 is 34.6 Å². The Labute approximate surface area is 184 Å². The molecule has 0 aliphatic rings. The molecule has 2 heterocycles. The molecule has 3 N–H and O–H groups in total. The van der Waals surface area contributed by atoms with E-state index in [-0.39, 0.29) is 30.9 Å². The Hall–Kier alpha value is -4.21. The van der Waals surface area contributed by atoms with Gasteiger partial charge in [-0.25, -0.2) is 4.98 Å². The summed E-state index contributed by atoms with van der Waals surface area (Å²) >= 11 is 0. The predicted molar refractivity (Wildman–Crippen MR) is 119 cm³/mol. The van der Waals surface area contributed by atoms with Crippen molar-refractivity contribution in [2.45, 2.75) is 26.5 Å². The molecular formula is C22H23N7O3. The number of esters is 1. The zero-order chi connectivity index (χ0) is 22.5. The van der Waals surface area contributed by atoms with Crippen LogP contribution in [0.3, 0.4) is 0 Å². The lowest BCUT2D eigenvalue weighted by Gasteiger charge is -2.11. The molecule has 10 heteroatoms. The predicted octanol–water partition coefficient (Wildman–Crippen LogP) is 2.86. The second kappa shape index (κ2) is 9.29. The van der Waals surface area contributed by atoms with Crippen LogP contribution in [0.1, 0.15) is 18.6 Å². The Morgan fingerprint density at radius 1 is 1.06 bits per heavy atom. The Morgan fingerprint density at radius 2 is 1.84 bits per heavy atom. The number of ether oxygens (including phenoxy) is 2. The summed E-state index contributed by atoms with van der Waals surface area (Å²) in [6, 6.07) is 15.0. The second-order valence-corrected chi connectivity index (χ2v) is 6.88. The summed E-state index contributed by atoms with van der Waals surface area (Å²) in [5.74, 6) is 1.48. The van der Waals surface area contributed by atoms with E-state index in [4.69, 9.17) is 15.2 Å². The third-order valence-electron chi connectivity index (χ3n) is 4.75. The van der Waals surface area contributed by atoms with Crippen LogP contribution < -0.4 is 15.8 Å². The van der Waals surface area contributed by atoms with Crippen molar-refractivity contribution in [1.29, 1.82) is 0 Å². The quantitative estimate of drug-likeness (QED) is 0.403. The fourth-order valence-electron chi connectivity index (χ4n) is 3.32. The molecule has 0 bridgehead atoms. The van der Waals surface area contributed by atoms with Crippen molar-refractivity contribution < 1.29 is 14.3 Å². The number of nitrogens with two attached hydrogens (primary N) is 1. The lowest BCUT2D eigenvalue weighted by molar-refractivity contribution is -0.145. The lowest BCUT2D eigenvalue weighted by Crippen LogP contribution is -2.17. The van der Waals surface area contributed by atoms with Crippen LogP contribution >= 0.6 is 0 Å². The number of methoxy groups -OCH3 is 1. The molecule has 0 spiro atoms. The number of benzene rings is 2. The van der Waals surface area contributed by atoms with Crippen LogP contribution in [-0.4, -0.2) is 37.6 Å². The highest BCUT2D eigenvalue weighted by Crippen LogP contribution is 2.25. The number of rotatable bonds is 8. The first kappa shape index (κ1) is 21.0. The van der Waals surface area contributed by atoms with Gasteiger partial charge in [-0.3, -0.25) is 4.79 Å². The van der Waals surface area contributed by atoms with Gasteiger partial charge in [-0.15, -0.1) is 0 Å². The number of carbonyl (C=O) groups excluding carboxylic acids is 1. The second-order valence-electron chi connectivity index (χ2n) is 6.88. The molecule has 0 amide bonds. The molecule has 0 saturated carbocycles. The number of nitrogen functional groups attached to an aromatic ring is 1. The average Bonchev–Trinajstić information content (AvgIpc) is 3.15. The highest BCUT2D eigenvalue weighted by atomic mass is 16.5. The monoisotopic (exact) mass is 433 g/mol. The number of fused-ring (bicyclic) bond motifs is 1. The number of aromatic nitrogens is 5. The number of nitrogens with zero attached hydrogens (tertiary/aromatic N) is 5. The molecule has 0 atom stereocenters. The summed E-state index contributed by atoms with van der Waals surface area (Å²) in [5, 5.41) is 3.04. The maximum absolute atomic E-state index is 12.5. The molecule has 4 aromatic rings. The van der Waals surface area contributed by atoms with Crippen LogP contribution in [0, 0.1) is 0 Å². The molecule has 0 fully saturated rings. The Morgan fingerprint density at radius 3 is 2.66 bits per heavy atom. The zero-order valence-corrected chi connectivity index (χ0v) is 17.8. The van der Waals surface area contributed by atoms with E-state index in [0.29, 0.717) is 17.9 Å². The van der Waals surface area contributed by atoms with Gasteiger partial charge in [0.15, 0.2) is 12.4 Å². The van der Waals surface area contributed by atoms with Crippen LogP contribution in [0.2, 0.25) is 0 Å². The summed E-state index contributed by atoms with van der Waals surface area (Å²) < 4.78 is 12.6. The minimum Gasteiger partial charge on any atom is -0.495 e. The van der Waals surface area contributed by atoms with Crippen molar-refractivity contribution in [2.75, 3.05) is 18.2 Å². The first-order valence-electron chi connectivity index (χ1n) is 10.1. The van der Waals surface area contributed by atoms with Crippen molar-refractivity contribution in [3.05, 3.63) is 60.2 Å². The fourth-order valence-corrected chi connectivity index (χ4v) is 3.32. The molecular weight excluding hydrogens is 410 g/mol. The number of aryl methyl sites for hydroxylation is 1. The van der Waals surface area contributed by atoms with Gasteiger partial charge in [0, 0.05) is 6.42 Å². The van der Waals surface area contributed by atoms with Crippen molar-refractivity contribution in [3.8, 4) is 5.75 Å². The number of nitrogens with one attached hydrogen (secondary N) is 1. The highest BCUT2D eigenvalue weighted by Gasteiger charge is 2.15. The molecule has 4 rings (SSSR count). The standard InChI is InChI=1S/C22H23N7O3/c1-3-19-24-14-8-4-6-10-16(14)29(19)12-20(30)32-13-18-26-21(23)28-22(27-18)25-15-9-5-7-11-17(15)31-2/h4-11H,3,12-13H2,1-2H3,(H3,23,25,26,27,28). The average molecular weight is 433 g/mol. The van der Waals surface area contributed by atoms with Gasteiger partial charge in [0.1, 0.15) is 18.1 Å². The molecule has 2 aromatic carbocycles. The molecule has 0 aliphatic heterocycles. The number of hydrogen-bond acceptors (Lipinski definition) is 9. The summed E-state index contributed by atoms with van der Waals surface area (Å²) in [5.41, 5.74) is 8.21. The van der Waals surface area contributed by atoms with Gasteiger partial charge in [-0.1, -0.05) is 31.2 Å². The van der Waals surface area contributed by atoms with Crippen LogP contribution in [0.25, 0.3) is 11.0 Å². The molecule has 164 valence electrons. The topological polar surface area (TPSA) is 130 Å². The number of anilines is 3. The van der Waals surface area contributed by atoms with E-state index in [2.05, 4.69) is 25.3 Å². The van der Waals surface area contributed by atoms with Gasteiger partial charge in [0.2, 0.25) is 11.9 Å². The minimum absolute atomic E-state index is 0.0114. The van der Waals surface area contributed by atoms with Gasteiger partial charge in [-0.05, 0) is 24.3 Å². The largest absolute Gasteiger partial charge is 0.495 e. The normalized spacial score (nSPS) is 10.8. The summed E-state index contributed by atoms with van der Waals surface area (Å²) in [7, 11) is 1.57. The summed E-state index contributed by atoms with van der Waals surface area (Å²) in [6.45, 7) is 1.89. The van der Waals surface area contributed by atoms with Gasteiger partial charge >= 0.3 is 5.97 Å². The van der Waals surface area contributed by atoms with E-state index < -0.39 is 5.97 Å². The summed E-state index contributed by atoms with van der Waals surface area (Å²) in [4.78, 5) is 29.5. The highest BCUT2D eigenvalue weighted by molar-refractivity contribution is 5.79. The number of para-hydroxylation sites is 4. The van der Waals surface area contributed by atoms with Gasteiger partial charge < -0.3 is 25.1 Å². The van der Waals surface area contributed by atoms with Gasteiger partial charge in [-0.2, -0.15) is 15.0 Å². The van der Waals surface area contributed by atoms with Crippen molar-refractivity contribution in [3.63, 3.8) is 0 Å². The molecule has 2 aromatic heterocycles. The Balaban J connectivity index is 1.46. The number of carbonyl (C=O) groups is 1. The first-order chi connectivity index (χ1) is 15.6. The Bertz CT molecular complexity index is 1260. The van der Waals surface area contributed by atoms with E-state index in [1.54, 1.807) is 13.2 Å². The SMILES string of the molecule is CCc1nc2ccccc2n1CC(=O)OCc1nc(N)nc(Nc2ccccc2OC)n1. The smallest absolute Gasteiger partial charge is 0.326 e. The molecule has 0 saturated heterocycles. The lowest BCUT2D eigenvalue weighted by atomic mass is 10.3. The zero-order valence-electron chi connectivity index (χ0n) is 17.8. The van der Waals surface area contributed by atoms with Crippen molar-refractivity contribution in [2.24, 2.45) is 0 Å². The van der Waals surface area contributed by atoms with E-state index in [1.165, 1.54) is 0 Å². The maximum atomic E-state index is 12.5. The van der Waals surface area contributed by atoms with Crippen LogP contribution in [0.5, 0.6) is 5.75 Å². The third-order valence-corrected chi connectivity index (χ3v) is 4.75. The fraction of sp³-hybridized carbons (Fsp3) is 0.227. The van der Waals surface area contributed by atoms with E-state index in [9.17, 15) is 4.79 Å².